The van der Waals surface area contributed by atoms with E-state index >= 15 is 0 Å². The number of carbonyl (C=O) groups is 4. The van der Waals surface area contributed by atoms with Crippen LogP contribution in [0.3, 0.4) is 0 Å². The lowest BCUT2D eigenvalue weighted by Gasteiger charge is -2.23. The Hall–Kier alpha value is -3.34. The van der Waals surface area contributed by atoms with Gasteiger partial charge in [0, 0.05) is 0 Å². The van der Waals surface area contributed by atoms with Gasteiger partial charge in [-0.1, -0.05) is 54.5 Å². The topological polar surface area (TPSA) is 150 Å². The fourth-order valence-electron chi connectivity index (χ4n) is 2.80. The van der Waals surface area contributed by atoms with Gasteiger partial charge >= 0.3 is 24.2 Å². The van der Waals surface area contributed by atoms with Gasteiger partial charge in [-0.15, -0.1) is 0 Å². The van der Waals surface area contributed by atoms with Gasteiger partial charge in [0.25, 0.3) is 0 Å². The molecule has 0 spiro atoms. The highest BCUT2D eigenvalue weighted by molar-refractivity contribution is 5.77. The molecule has 0 heterocycles. The molecule has 0 aromatic heterocycles. The maximum absolute atomic E-state index is 12.5. The second-order valence-corrected chi connectivity index (χ2v) is 13.1. The van der Waals surface area contributed by atoms with Crippen LogP contribution in [0.1, 0.15) is 81.2 Å². The van der Waals surface area contributed by atoms with Crippen LogP contribution in [0, 0.1) is 16.2 Å². The Morgan fingerprint density at radius 2 is 1.32 bits per heavy atom. The van der Waals surface area contributed by atoms with E-state index in [9.17, 15) is 19.2 Å². The summed E-state index contributed by atoms with van der Waals surface area (Å²) in [6.45, 7) is 18.4. The first-order valence-electron chi connectivity index (χ1n) is 13.7. The van der Waals surface area contributed by atoms with Crippen LogP contribution in [0.5, 0.6) is 11.5 Å². The molecule has 0 aliphatic heterocycles. The lowest BCUT2D eigenvalue weighted by Crippen LogP contribution is -2.37. The number of hydrogen-bond donors (Lipinski definition) is 1. The van der Waals surface area contributed by atoms with E-state index in [0.29, 0.717) is 12.0 Å². The third-order valence-electron chi connectivity index (χ3n) is 5.60. The highest BCUT2D eigenvalue weighted by Crippen LogP contribution is 2.30. The molecule has 0 fully saturated rings. The monoisotopic (exact) mass is 581 g/mol. The zero-order valence-electron chi connectivity index (χ0n) is 26.1. The molecule has 41 heavy (non-hydrogen) atoms. The first kappa shape index (κ1) is 35.7. The van der Waals surface area contributed by atoms with Gasteiger partial charge in [0.15, 0.2) is 11.5 Å². The lowest BCUT2D eigenvalue weighted by atomic mass is 9.91. The summed E-state index contributed by atoms with van der Waals surface area (Å²) in [5.41, 5.74) is 5.32. The smallest absolute Gasteiger partial charge is 0.461 e. The van der Waals surface area contributed by atoms with Crippen molar-refractivity contribution in [3.63, 3.8) is 0 Å². The van der Waals surface area contributed by atoms with Gasteiger partial charge in [-0.25, -0.2) is 9.59 Å². The number of esters is 2. The van der Waals surface area contributed by atoms with Crippen molar-refractivity contribution in [2.75, 3.05) is 19.8 Å². The summed E-state index contributed by atoms with van der Waals surface area (Å²) in [6, 6.07) is 3.29. The van der Waals surface area contributed by atoms with E-state index in [1.165, 1.54) is 12.1 Å². The standard InChI is InChI=1S/C30H47NO10/c1-11-30(9,10)25(33)39-19(2)16-36-24(32)21(31)14-20-12-13-22(40-26(34)37-17-28(3,4)5)23(15-20)41-27(35)38-18-29(6,7)8/h12-13,15,19,21H,11,14,16-18,31H2,1-10H3/t19-,21-/m0/s1. The summed E-state index contributed by atoms with van der Waals surface area (Å²) in [5.74, 6) is -1.29. The van der Waals surface area contributed by atoms with E-state index in [2.05, 4.69) is 0 Å². The molecule has 0 bridgehead atoms. The van der Waals surface area contributed by atoms with Gasteiger partial charge in [0.05, 0.1) is 18.6 Å². The molecule has 232 valence electrons. The first-order chi connectivity index (χ1) is 18.7. The van der Waals surface area contributed by atoms with Crippen molar-refractivity contribution in [2.24, 2.45) is 22.0 Å². The van der Waals surface area contributed by atoms with Crippen molar-refractivity contribution < 1.29 is 47.6 Å². The summed E-state index contributed by atoms with van der Waals surface area (Å²) in [4.78, 5) is 49.3. The molecule has 0 aliphatic carbocycles. The third kappa shape index (κ3) is 14.2. The van der Waals surface area contributed by atoms with Crippen LogP contribution in [0.15, 0.2) is 18.2 Å². The summed E-state index contributed by atoms with van der Waals surface area (Å²) in [5, 5.41) is 0. The predicted molar refractivity (Wildman–Crippen MR) is 152 cm³/mol. The van der Waals surface area contributed by atoms with E-state index in [1.54, 1.807) is 26.8 Å². The molecule has 0 aliphatic rings. The van der Waals surface area contributed by atoms with Crippen LogP contribution in [0.2, 0.25) is 0 Å². The molecule has 11 heteroatoms. The maximum Gasteiger partial charge on any atom is 0.513 e. The molecule has 0 radical (unpaired) electrons. The lowest BCUT2D eigenvalue weighted by molar-refractivity contribution is -0.166. The molecule has 11 nitrogen and oxygen atoms in total. The minimum absolute atomic E-state index is 0.0119. The van der Waals surface area contributed by atoms with Crippen LogP contribution >= 0.6 is 0 Å². The Morgan fingerprint density at radius 1 is 0.805 bits per heavy atom. The number of hydrogen-bond acceptors (Lipinski definition) is 11. The summed E-state index contributed by atoms with van der Waals surface area (Å²) < 4.78 is 31.5. The molecule has 2 atom stereocenters. The molecule has 0 saturated carbocycles. The Morgan fingerprint density at radius 3 is 1.80 bits per heavy atom. The Kier molecular flexibility index (Phi) is 13.1. The molecular weight excluding hydrogens is 534 g/mol. The van der Waals surface area contributed by atoms with Gasteiger partial charge < -0.3 is 34.2 Å². The first-order valence-corrected chi connectivity index (χ1v) is 13.7. The normalized spacial score (nSPS) is 13.4. The average molecular weight is 582 g/mol. The average Bonchev–Trinajstić information content (AvgIpc) is 2.85. The van der Waals surface area contributed by atoms with Crippen LogP contribution in [-0.4, -0.2) is 56.2 Å². The van der Waals surface area contributed by atoms with E-state index in [0.717, 1.165) is 0 Å². The van der Waals surface area contributed by atoms with Gasteiger partial charge in [-0.2, -0.15) is 0 Å². The van der Waals surface area contributed by atoms with Crippen LogP contribution in [-0.2, 0) is 35.0 Å². The minimum atomic E-state index is -1.07. The second kappa shape index (κ2) is 15.0. The predicted octanol–water partition coefficient (Wildman–Crippen LogP) is 5.59. The number of ether oxygens (including phenoxy) is 6. The number of benzene rings is 1. The van der Waals surface area contributed by atoms with Crippen molar-refractivity contribution in [3.05, 3.63) is 23.8 Å². The van der Waals surface area contributed by atoms with Gasteiger partial charge in [0.1, 0.15) is 18.8 Å². The van der Waals surface area contributed by atoms with Crippen molar-refractivity contribution >= 4 is 24.2 Å². The third-order valence-corrected chi connectivity index (χ3v) is 5.60. The Bertz CT molecular complexity index is 1050. The molecule has 1 aromatic rings. The van der Waals surface area contributed by atoms with E-state index in [-0.39, 0.29) is 54.5 Å². The second-order valence-electron chi connectivity index (χ2n) is 13.1. The summed E-state index contributed by atoms with van der Waals surface area (Å²) in [7, 11) is 0. The molecule has 2 N–H and O–H groups in total. The highest BCUT2D eigenvalue weighted by Gasteiger charge is 2.29. The van der Waals surface area contributed by atoms with Crippen molar-refractivity contribution in [3.8, 4) is 11.5 Å². The number of carbonyl (C=O) groups excluding carboxylic acids is 4. The van der Waals surface area contributed by atoms with Gasteiger partial charge in [-0.3, -0.25) is 9.59 Å². The summed E-state index contributed by atoms with van der Waals surface area (Å²) >= 11 is 0. The van der Waals surface area contributed by atoms with Crippen molar-refractivity contribution in [2.45, 2.75) is 94.2 Å². The quantitative estimate of drug-likeness (QED) is 0.187. The fraction of sp³-hybridized carbons (Fsp3) is 0.667. The minimum Gasteiger partial charge on any atom is -0.461 e. The zero-order chi connectivity index (χ0) is 31.6. The molecule has 1 aromatic carbocycles. The van der Waals surface area contributed by atoms with Crippen LogP contribution in [0.25, 0.3) is 0 Å². The molecule has 0 saturated heterocycles. The highest BCUT2D eigenvalue weighted by atomic mass is 16.7. The Balaban J connectivity index is 2.93. The van der Waals surface area contributed by atoms with Gasteiger partial charge in [-0.05, 0) is 62.1 Å². The van der Waals surface area contributed by atoms with E-state index in [1.807, 2.05) is 48.5 Å². The molecule has 1 rings (SSSR count). The number of nitrogens with two attached hydrogens (primary N) is 1. The molecule has 0 amide bonds. The molecule has 0 unspecified atom stereocenters. The Labute approximate surface area is 243 Å². The van der Waals surface area contributed by atoms with Gasteiger partial charge in [0.2, 0.25) is 0 Å². The molecular formula is C30H47NO10. The fourth-order valence-corrected chi connectivity index (χ4v) is 2.80. The van der Waals surface area contributed by atoms with Crippen molar-refractivity contribution in [1.29, 1.82) is 0 Å². The zero-order valence-corrected chi connectivity index (χ0v) is 26.1. The van der Waals surface area contributed by atoms with E-state index < -0.39 is 35.8 Å². The maximum atomic E-state index is 12.5. The number of rotatable bonds is 12. The SMILES string of the molecule is CCC(C)(C)C(=O)O[C@@H](C)COC(=O)[C@@H](N)Cc1ccc(OC(=O)OCC(C)(C)C)c(OC(=O)OCC(C)(C)C)c1. The van der Waals surface area contributed by atoms with Crippen LogP contribution < -0.4 is 15.2 Å². The largest absolute Gasteiger partial charge is 0.513 e. The van der Waals surface area contributed by atoms with Crippen LogP contribution in [0.4, 0.5) is 9.59 Å². The van der Waals surface area contributed by atoms with Crippen molar-refractivity contribution in [1.82, 2.24) is 0 Å². The summed E-state index contributed by atoms with van der Waals surface area (Å²) in [6.07, 6.45) is -2.01. The van der Waals surface area contributed by atoms with E-state index in [4.69, 9.17) is 34.2 Å².